The zero-order valence-electron chi connectivity index (χ0n) is 21.1. The molecule has 3 heterocycles. The Balaban J connectivity index is 1.54. The average molecular weight is 526 g/mol. The molecular formula is C27H29F2N5O4. The van der Waals surface area contributed by atoms with Crippen molar-refractivity contribution in [3.63, 3.8) is 0 Å². The minimum absolute atomic E-state index is 0.0851. The highest BCUT2D eigenvalue weighted by atomic mass is 19.1. The number of carbonyl (C=O) groups excluding carboxylic acids is 1. The molecule has 38 heavy (non-hydrogen) atoms. The van der Waals surface area contributed by atoms with Crippen LogP contribution in [0.3, 0.4) is 0 Å². The molecule has 0 bridgehead atoms. The number of fused-ring (bicyclic) bond motifs is 1. The molecule has 1 aliphatic heterocycles. The number of halogens is 2. The van der Waals surface area contributed by atoms with Crippen molar-refractivity contribution in [2.75, 3.05) is 44.6 Å². The quantitative estimate of drug-likeness (QED) is 0.343. The standard InChI is InChI=1S/C27H29F2N5O4/c1-4-23(35)33-19-13-38-12-18(19)32-22-8-16-15(11-30-22)7-17(34-27(16)31-10-14-5-6-14)24-25(28)20(36-2)9-21(37-3)26(24)29/h4,7-9,11,14,18-19H,1,5-6,10,12-13H2,2-3H3,(H,30,32)(H,31,34)(H,33,35)/t18-,19+/m1/s1. The Morgan fingerprint density at radius 2 is 1.84 bits per heavy atom. The number of aromatic nitrogens is 2. The van der Waals surface area contributed by atoms with Crippen LogP contribution in [0.5, 0.6) is 11.5 Å². The van der Waals surface area contributed by atoms with Gasteiger partial charge < -0.3 is 30.2 Å². The number of pyridine rings is 2. The van der Waals surface area contributed by atoms with E-state index >= 15 is 8.78 Å². The maximum atomic E-state index is 15.3. The first-order chi connectivity index (χ1) is 18.4. The summed E-state index contributed by atoms with van der Waals surface area (Å²) in [5.74, 6) is -0.757. The van der Waals surface area contributed by atoms with Gasteiger partial charge in [0.05, 0.1) is 50.8 Å². The Morgan fingerprint density at radius 1 is 1.13 bits per heavy atom. The molecule has 3 N–H and O–H groups in total. The fourth-order valence-corrected chi connectivity index (χ4v) is 4.43. The smallest absolute Gasteiger partial charge is 0.243 e. The summed E-state index contributed by atoms with van der Waals surface area (Å²) in [5, 5.41) is 10.9. The molecule has 2 atom stereocenters. The lowest BCUT2D eigenvalue weighted by atomic mass is 10.1. The number of amides is 1. The number of nitrogens with one attached hydrogen (secondary N) is 3. The van der Waals surface area contributed by atoms with Gasteiger partial charge in [-0.3, -0.25) is 4.79 Å². The Bertz CT molecular complexity index is 1350. The van der Waals surface area contributed by atoms with Gasteiger partial charge in [-0.05, 0) is 37.0 Å². The van der Waals surface area contributed by atoms with Crippen molar-refractivity contribution in [3.8, 4) is 22.8 Å². The van der Waals surface area contributed by atoms with E-state index in [2.05, 4.69) is 32.5 Å². The molecule has 0 spiro atoms. The minimum Gasteiger partial charge on any atom is -0.494 e. The number of hydrogen-bond acceptors (Lipinski definition) is 8. The SMILES string of the molecule is C=CC(=O)N[C@H]1COC[C@H]1Nc1cc2c(NCC3CC3)nc(-c3c(F)c(OC)cc(OC)c3F)cc2cn1. The molecule has 1 saturated heterocycles. The molecule has 1 aliphatic carbocycles. The Kier molecular flexibility index (Phi) is 7.28. The number of anilines is 2. The van der Waals surface area contributed by atoms with Crippen LogP contribution in [0.25, 0.3) is 22.0 Å². The highest BCUT2D eigenvalue weighted by molar-refractivity contribution is 5.96. The van der Waals surface area contributed by atoms with Gasteiger partial charge in [-0.2, -0.15) is 0 Å². The lowest BCUT2D eigenvalue weighted by Crippen LogP contribution is -2.45. The van der Waals surface area contributed by atoms with E-state index in [0.717, 1.165) is 18.2 Å². The van der Waals surface area contributed by atoms with Crippen molar-refractivity contribution in [1.82, 2.24) is 15.3 Å². The maximum Gasteiger partial charge on any atom is 0.243 e. The normalized spacial score (nSPS) is 18.7. The van der Waals surface area contributed by atoms with Crippen LogP contribution in [0, 0.1) is 17.6 Å². The van der Waals surface area contributed by atoms with Gasteiger partial charge in [0.1, 0.15) is 11.6 Å². The highest BCUT2D eigenvalue weighted by Gasteiger charge is 2.30. The van der Waals surface area contributed by atoms with E-state index < -0.39 is 11.6 Å². The topological polar surface area (TPSA) is 107 Å². The highest BCUT2D eigenvalue weighted by Crippen LogP contribution is 2.39. The summed E-state index contributed by atoms with van der Waals surface area (Å²) in [5.41, 5.74) is -0.259. The third kappa shape index (κ3) is 5.19. The first kappa shape index (κ1) is 25.7. The molecule has 3 aromatic rings. The number of rotatable bonds is 10. The van der Waals surface area contributed by atoms with E-state index in [1.165, 1.54) is 26.4 Å². The lowest BCUT2D eigenvalue weighted by molar-refractivity contribution is -0.117. The van der Waals surface area contributed by atoms with Crippen molar-refractivity contribution in [2.24, 2.45) is 5.92 Å². The molecule has 1 amide bonds. The van der Waals surface area contributed by atoms with E-state index in [1.54, 1.807) is 12.3 Å². The lowest BCUT2D eigenvalue weighted by Gasteiger charge is -2.21. The largest absolute Gasteiger partial charge is 0.494 e. The molecule has 5 rings (SSSR count). The molecular weight excluding hydrogens is 496 g/mol. The van der Waals surface area contributed by atoms with Gasteiger partial charge in [0, 0.05) is 29.6 Å². The van der Waals surface area contributed by atoms with Gasteiger partial charge in [-0.1, -0.05) is 6.58 Å². The van der Waals surface area contributed by atoms with Crippen molar-refractivity contribution >= 4 is 28.3 Å². The zero-order chi connectivity index (χ0) is 26.8. The van der Waals surface area contributed by atoms with Gasteiger partial charge in [0.25, 0.3) is 0 Å². The van der Waals surface area contributed by atoms with E-state index in [-0.39, 0.29) is 40.7 Å². The molecule has 200 valence electrons. The van der Waals surface area contributed by atoms with Crippen molar-refractivity contribution in [3.05, 3.63) is 48.7 Å². The monoisotopic (exact) mass is 525 g/mol. The molecule has 1 aromatic carbocycles. The minimum atomic E-state index is -0.870. The molecule has 1 saturated carbocycles. The second-order valence-electron chi connectivity index (χ2n) is 9.36. The van der Waals surface area contributed by atoms with E-state index in [0.29, 0.717) is 42.7 Å². The van der Waals surface area contributed by atoms with Crippen LogP contribution < -0.4 is 25.4 Å². The van der Waals surface area contributed by atoms with Crippen molar-refractivity contribution in [1.29, 1.82) is 0 Å². The van der Waals surface area contributed by atoms with Crippen molar-refractivity contribution in [2.45, 2.75) is 24.9 Å². The van der Waals surface area contributed by atoms with E-state index in [9.17, 15) is 4.79 Å². The van der Waals surface area contributed by atoms with Gasteiger partial charge in [-0.25, -0.2) is 18.7 Å². The summed E-state index contributed by atoms with van der Waals surface area (Å²) >= 11 is 0. The second-order valence-corrected chi connectivity index (χ2v) is 9.36. The van der Waals surface area contributed by atoms with Crippen molar-refractivity contribution < 1.29 is 27.8 Å². The summed E-state index contributed by atoms with van der Waals surface area (Å²) in [4.78, 5) is 20.9. The number of methoxy groups -OCH3 is 2. The molecule has 9 nitrogen and oxygen atoms in total. The summed E-state index contributed by atoms with van der Waals surface area (Å²) in [6, 6.07) is 4.12. The van der Waals surface area contributed by atoms with Crippen LogP contribution >= 0.6 is 0 Å². The predicted molar refractivity (Wildman–Crippen MR) is 140 cm³/mol. The zero-order valence-corrected chi connectivity index (χ0v) is 21.1. The maximum absolute atomic E-state index is 15.3. The third-order valence-corrected chi connectivity index (χ3v) is 6.73. The van der Waals surface area contributed by atoms with Gasteiger partial charge >= 0.3 is 0 Å². The summed E-state index contributed by atoms with van der Waals surface area (Å²) < 4.78 is 46.3. The molecule has 2 fully saturated rings. The van der Waals surface area contributed by atoms with Crippen LogP contribution in [-0.4, -0.2) is 61.9 Å². The first-order valence-corrected chi connectivity index (χ1v) is 12.3. The average Bonchev–Trinajstić information content (AvgIpc) is 3.66. The summed E-state index contributed by atoms with van der Waals surface area (Å²) in [7, 11) is 2.61. The van der Waals surface area contributed by atoms with Crippen LogP contribution in [0.15, 0.2) is 37.1 Å². The molecule has 0 unspecified atom stereocenters. The van der Waals surface area contributed by atoms with Crippen LogP contribution in [-0.2, 0) is 9.53 Å². The Hall–Kier alpha value is -3.99. The van der Waals surface area contributed by atoms with Gasteiger partial charge in [0.2, 0.25) is 5.91 Å². The number of hydrogen-bond donors (Lipinski definition) is 3. The van der Waals surface area contributed by atoms with E-state index in [1.807, 2.05) is 6.07 Å². The molecule has 2 aliphatic rings. The summed E-state index contributed by atoms with van der Waals surface area (Å²) in [6.07, 6.45) is 5.07. The first-order valence-electron chi connectivity index (χ1n) is 12.3. The van der Waals surface area contributed by atoms with Gasteiger partial charge in [-0.15, -0.1) is 0 Å². The number of benzene rings is 1. The number of carbonyl (C=O) groups is 1. The molecule has 11 heteroatoms. The number of nitrogens with zero attached hydrogens (tertiary/aromatic N) is 2. The number of ether oxygens (including phenoxy) is 3. The second kappa shape index (κ2) is 10.8. The Labute approximate surface area is 218 Å². The Morgan fingerprint density at radius 3 is 2.50 bits per heavy atom. The van der Waals surface area contributed by atoms with Gasteiger partial charge in [0.15, 0.2) is 23.1 Å². The fourth-order valence-electron chi connectivity index (χ4n) is 4.43. The summed E-state index contributed by atoms with van der Waals surface area (Å²) in [6.45, 7) is 4.94. The van der Waals surface area contributed by atoms with Crippen LogP contribution in [0.1, 0.15) is 12.8 Å². The third-order valence-electron chi connectivity index (χ3n) is 6.73. The van der Waals surface area contributed by atoms with Crippen LogP contribution in [0.4, 0.5) is 20.4 Å². The molecule has 0 radical (unpaired) electrons. The van der Waals surface area contributed by atoms with Crippen LogP contribution in [0.2, 0.25) is 0 Å². The predicted octanol–water partition coefficient (Wildman–Crippen LogP) is 3.90. The molecule has 2 aromatic heterocycles. The fraction of sp³-hybridized carbons (Fsp3) is 0.370. The van der Waals surface area contributed by atoms with E-state index in [4.69, 9.17) is 14.2 Å².